The summed E-state index contributed by atoms with van der Waals surface area (Å²) in [5.74, 6) is -1.58. The minimum absolute atomic E-state index is 0.235. The van der Waals surface area contributed by atoms with E-state index in [1.165, 1.54) is 11.1 Å². The average Bonchev–Trinajstić information content (AvgIpc) is 3.13. The van der Waals surface area contributed by atoms with Crippen LogP contribution in [0.3, 0.4) is 0 Å². The summed E-state index contributed by atoms with van der Waals surface area (Å²) in [6.45, 7) is 8.42. The van der Waals surface area contributed by atoms with Crippen LogP contribution < -0.4 is 5.32 Å². The Morgan fingerprint density at radius 3 is 2.86 bits per heavy atom. The van der Waals surface area contributed by atoms with E-state index in [0.29, 0.717) is 0 Å². The molecule has 0 saturated carbocycles. The highest BCUT2D eigenvalue weighted by atomic mass is 16.4. The Bertz CT molecular complexity index is 1040. The van der Waals surface area contributed by atoms with Gasteiger partial charge in [0.2, 0.25) is 0 Å². The number of aryl methyl sites for hydroxylation is 2. The van der Waals surface area contributed by atoms with Gasteiger partial charge in [0.25, 0.3) is 0 Å². The molecule has 0 spiro atoms. The molecule has 2 aromatic carbocycles. The number of nitrogens with zero attached hydrogens (tertiary/aromatic N) is 3. The monoisotopic (exact) mass is 378 g/mol. The zero-order valence-electron chi connectivity index (χ0n) is 16.6. The molecule has 1 aliphatic rings. The molecule has 146 valence electrons. The van der Waals surface area contributed by atoms with Crippen LogP contribution in [0.15, 0.2) is 30.3 Å². The predicted molar refractivity (Wildman–Crippen MR) is 108 cm³/mol. The molecule has 0 amide bonds. The lowest BCUT2D eigenvalue weighted by Gasteiger charge is -2.26. The number of fused-ring (bicyclic) bond motifs is 2. The highest BCUT2D eigenvalue weighted by molar-refractivity contribution is 5.80. The Kier molecular flexibility index (Phi) is 4.89. The van der Waals surface area contributed by atoms with Gasteiger partial charge in [-0.2, -0.15) is 0 Å². The van der Waals surface area contributed by atoms with E-state index in [-0.39, 0.29) is 5.92 Å². The third-order valence-corrected chi connectivity index (χ3v) is 5.98. The minimum Gasteiger partial charge on any atom is -0.481 e. The Morgan fingerprint density at radius 1 is 1.29 bits per heavy atom. The molecule has 6 heteroatoms. The minimum atomic E-state index is -0.794. The summed E-state index contributed by atoms with van der Waals surface area (Å²) in [5, 5.41) is 21.8. The molecule has 1 aliphatic heterocycles. The van der Waals surface area contributed by atoms with Crippen LogP contribution in [-0.2, 0) is 24.3 Å². The third-order valence-electron chi connectivity index (χ3n) is 5.98. The van der Waals surface area contributed by atoms with Crippen molar-refractivity contribution in [2.75, 3.05) is 6.54 Å². The number of hydrogen-bond donors (Lipinski definition) is 2. The molecule has 0 fully saturated rings. The number of aromatic nitrogens is 3. The highest BCUT2D eigenvalue weighted by Gasteiger charge is 2.30. The largest absolute Gasteiger partial charge is 0.481 e. The third kappa shape index (κ3) is 3.07. The molecule has 2 atom stereocenters. The summed E-state index contributed by atoms with van der Waals surface area (Å²) in [4.78, 5) is 12.0. The molecule has 0 aliphatic carbocycles. The number of benzene rings is 2. The van der Waals surface area contributed by atoms with Gasteiger partial charge in [0.15, 0.2) is 0 Å². The van der Waals surface area contributed by atoms with Gasteiger partial charge in [0, 0.05) is 19.0 Å². The summed E-state index contributed by atoms with van der Waals surface area (Å²) in [6.07, 6.45) is 1.01. The maximum Gasteiger partial charge on any atom is 0.307 e. The number of nitrogens with one attached hydrogen (secondary N) is 1. The van der Waals surface area contributed by atoms with Crippen LogP contribution in [0.1, 0.15) is 47.6 Å². The van der Waals surface area contributed by atoms with E-state index >= 15 is 0 Å². The summed E-state index contributed by atoms with van der Waals surface area (Å²) in [5.41, 5.74) is 7.51. The van der Waals surface area contributed by atoms with Crippen LogP contribution in [0, 0.1) is 12.8 Å². The second-order valence-electron chi connectivity index (χ2n) is 7.61. The van der Waals surface area contributed by atoms with Gasteiger partial charge >= 0.3 is 5.97 Å². The molecule has 0 radical (unpaired) electrons. The molecule has 6 nitrogen and oxygen atoms in total. The topological polar surface area (TPSA) is 80.0 Å². The van der Waals surface area contributed by atoms with Crippen molar-refractivity contribution in [3.05, 3.63) is 58.1 Å². The second kappa shape index (κ2) is 7.36. The maximum absolute atomic E-state index is 12.0. The van der Waals surface area contributed by atoms with E-state index in [1.54, 1.807) is 6.92 Å². The predicted octanol–water partition coefficient (Wildman–Crippen LogP) is 3.26. The van der Waals surface area contributed by atoms with Crippen LogP contribution in [-0.4, -0.2) is 32.6 Å². The molecule has 28 heavy (non-hydrogen) atoms. The van der Waals surface area contributed by atoms with Crippen molar-refractivity contribution in [3.63, 3.8) is 0 Å². The van der Waals surface area contributed by atoms with Crippen molar-refractivity contribution in [1.29, 1.82) is 0 Å². The van der Waals surface area contributed by atoms with Gasteiger partial charge in [-0.3, -0.25) is 4.79 Å². The van der Waals surface area contributed by atoms with E-state index < -0.39 is 11.9 Å². The SMILES string of the molecule is CCn1nnc2c(C)c(C(c3ccc4c(c3)CNCC4)C(C)C(=O)O)ccc21. The number of rotatable bonds is 5. The lowest BCUT2D eigenvalue weighted by Crippen LogP contribution is -2.25. The van der Waals surface area contributed by atoms with E-state index in [1.807, 2.05) is 24.6 Å². The van der Waals surface area contributed by atoms with Gasteiger partial charge < -0.3 is 10.4 Å². The van der Waals surface area contributed by atoms with Crippen LogP contribution in [0.4, 0.5) is 0 Å². The van der Waals surface area contributed by atoms with Crippen LogP contribution >= 0.6 is 0 Å². The molecule has 0 saturated heterocycles. The van der Waals surface area contributed by atoms with Crippen molar-refractivity contribution in [3.8, 4) is 0 Å². The maximum atomic E-state index is 12.0. The molecule has 2 unspecified atom stereocenters. The number of carboxylic acid groups (broad SMARTS) is 1. The first-order valence-electron chi connectivity index (χ1n) is 9.89. The van der Waals surface area contributed by atoms with E-state index in [2.05, 4.69) is 39.9 Å². The molecule has 1 aromatic heterocycles. The summed E-state index contributed by atoms with van der Waals surface area (Å²) in [6, 6.07) is 10.5. The lowest BCUT2D eigenvalue weighted by molar-refractivity contribution is -0.141. The molecule has 0 bridgehead atoms. The average molecular weight is 378 g/mol. The van der Waals surface area contributed by atoms with Crippen LogP contribution in [0.5, 0.6) is 0 Å². The quantitative estimate of drug-likeness (QED) is 0.712. The Balaban J connectivity index is 1.87. The number of carbonyl (C=O) groups is 1. The normalized spacial score (nSPS) is 16.0. The van der Waals surface area contributed by atoms with Gasteiger partial charge in [0.1, 0.15) is 5.52 Å². The first kappa shape index (κ1) is 18.6. The Morgan fingerprint density at radius 2 is 2.11 bits per heavy atom. The van der Waals surface area contributed by atoms with Crippen molar-refractivity contribution in [1.82, 2.24) is 20.3 Å². The molecule has 3 aromatic rings. The van der Waals surface area contributed by atoms with Gasteiger partial charge in [0.05, 0.1) is 11.4 Å². The van der Waals surface area contributed by atoms with Crippen LogP contribution in [0.2, 0.25) is 0 Å². The number of carboxylic acids is 1. The fourth-order valence-corrected chi connectivity index (χ4v) is 4.33. The fraction of sp³-hybridized carbons (Fsp3) is 0.409. The molecular formula is C22H26N4O2. The molecule has 2 heterocycles. The molecule has 2 N–H and O–H groups in total. The fourth-order valence-electron chi connectivity index (χ4n) is 4.33. The van der Waals surface area contributed by atoms with E-state index in [0.717, 1.165) is 53.8 Å². The number of aliphatic carboxylic acids is 1. The van der Waals surface area contributed by atoms with Crippen molar-refractivity contribution in [2.24, 2.45) is 5.92 Å². The first-order chi connectivity index (χ1) is 13.5. The van der Waals surface area contributed by atoms with Crippen molar-refractivity contribution in [2.45, 2.75) is 46.2 Å². The molecule has 4 rings (SSSR count). The van der Waals surface area contributed by atoms with Crippen molar-refractivity contribution < 1.29 is 9.90 Å². The number of hydrogen-bond acceptors (Lipinski definition) is 4. The zero-order valence-corrected chi connectivity index (χ0v) is 16.6. The Labute approximate surface area is 164 Å². The lowest BCUT2D eigenvalue weighted by atomic mass is 9.78. The van der Waals surface area contributed by atoms with Gasteiger partial charge in [-0.1, -0.05) is 36.4 Å². The van der Waals surface area contributed by atoms with Gasteiger partial charge in [-0.05, 0) is 60.7 Å². The summed E-state index contributed by atoms with van der Waals surface area (Å²) in [7, 11) is 0. The second-order valence-corrected chi connectivity index (χ2v) is 7.61. The summed E-state index contributed by atoms with van der Waals surface area (Å²) < 4.78 is 1.87. The smallest absolute Gasteiger partial charge is 0.307 e. The highest BCUT2D eigenvalue weighted by Crippen LogP contribution is 2.37. The Hall–Kier alpha value is -2.73. The van der Waals surface area contributed by atoms with E-state index in [9.17, 15) is 9.90 Å². The van der Waals surface area contributed by atoms with Crippen molar-refractivity contribution >= 4 is 17.0 Å². The zero-order chi connectivity index (χ0) is 19.8. The summed E-state index contributed by atoms with van der Waals surface area (Å²) >= 11 is 0. The standard InChI is InChI=1S/C22H26N4O2/c1-4-26-19-8-7-18(13(2)21(19)24-25-26)20(14(3)22(27)28)16-6-5-15-9-10-23-12-17(15)11-16/h5-8,11,14,20,23H,4,9-10,12H2,1-3H3,(H,27,28). The van der Waals surface area contributed by atoms with Crippen LogP contribution in [0.25, 0.3) is 11.0 Å². The van der Waals surface area contributed by atoms with E-state index in [4.69, 9.17) is 0 Å². The van der Waals surface area contributed by atoms with Gasteiger partial charge in [-0.15, -0.1) is 5.10 Å². The molecular weight excluding hydrogens is 352 g/mol. The first-order valence-corrected chi connectivity index (χ1v) is 9.89. The van der Waals surface area contributed by atoms with Gasteiger partial charge in [-0.25, -0.2) is 4.68 Å².